The van der Waals surface area contributed by atoms with Crippen molar-refractivity contribution in [2.45, 2.75) is 38.6 Å². The van der Waals surface area contributed by atoms with Gasteiger partial charge >= 0.3 is 0 Å². The third kappa shape index (κ3) is 3.03. The molecule has 4 nitrogen and oxygen atoms in total. The SMILES string of the molecule is CCC1CCCCN1c1cc(Br)ccc1/C(N)=N/O. The van der Waals surface area contributed by atoms with Gasteiger partial charge in [-0.1, -0.05) is 28.0 Å². The van der Waals surface area contributed by atoms with Crippen LogP contribution in [0.4, 0.5) is 5.69 Å². The predicted octanol–water partition coefficient (Wildman–Crippen LogP) is 3.31. The van der Waals surface area contributed by atoms with E-state index in [0.717, 1.165) is 28.7 Å². The molecule has 1 heterocycles. The normalized spacial score (nSPS) is 20.6. The molecule has 1 aliphatic rings. The van der Waals surface area contributed by atoms with Crippen LogP contribution in [0.25, 0.3) is 0 Å². The van der Waals surface area contributed by atoms with E-state index in [2.05, 4.69) is 39.0 Å². The number of amidine groups is 1. The van der Waals surface area contributed by atoms with Gasteiger partial charge in [0.1, 0.15) is 0 Å². The Morgan fingerprint density at radius 1 is 1.53 bits per heavy atom. The van der Waals surface area contributed by atoms with E-state index in [0.29, 0.717) is 6.04 Å². The molecule has 1 aromatic carbocycles. The Kier molecular flexibility index (Phi) is 4.69. The highest BCUT2D eigenvalue weighted by molar-refractivity contribution is 9.10. The molecule has 19 heavy (non-hydrogen) atoms. The summed E-state index contributed by atoms with van der Waals surface area (Å²) in [7, 11) is 0. The summed E-state index contributed by atoms with van der Waals surface area (Å²) in [5.74, 6) is 0.169. The van der Waals surface area contributed by atoms with E-state index in [9.17, 15) is 0 Å². The van der Waals surface area contributed by atoms with Gasteiger partial charge in [-0.2, -0.15) is 0 Å². The van der Waals surface area contributed by atoms with Crippen molar-refractivity contribution >= 4 is 27.5 Å². The van der Waals surface area contributed by atoms with Gasteiger partial charge in [-0.3, -0.25) is 0 Å². The number of hydrogen-bond donors (Lipinski definition) is 2. The van der Waals surface area contributed by atoms with Gasteiger partial charge in [0.2, 0.25) is 0 Å². The van der Waals surface area contributed by atoms with Crippen LogP contribution in [0.3, 0.4) is 0 Å². The fraction of sp³-hybridized carbons (Fsp3) is 0.500. The highest BCUT2D eigenvalue weighted by atomic mass is 79.9. The standard InChI is InChI=1S/C14H20BrN3O/c1-2-11-5-3-4-8-18(11)13-9-10(15)6-7-12(13)14(16)17-19/h6-7,9,11,19H,2-5,8H2,1H3,(H2,16,17). The van der Waals surface area contributed by atoms with Crippen LogP contribution in [-0.2, 0) is 0 Å². The molecule has 0 radical (unpaired) electrons. The predicted molar refractivity (Wildman–Crippen MR) is 81.9 cm³/mol. The Labute approximate surface area is 122 Å². The van der Waals surface area contributed by atoms with Crippen LogP contribution in [0.5, 0.6) is 0 Å². The molecule has 1 aliphatic heterocycles. The molecule has 1 unspecified atom stereocenters. The molecule has 0 spiro atoms. The first-order chi connectivity index (χ1) is 9.17. The van der Waals surface area contributed by atoms with Crippen LogP contribution in [0.1, 0.15) is 38.2 Å². The van der Waals surface area contributed by atoms with E-state index < -0.39 is 0 Å². The molecule has 0 saturated carbocycles. The number of halogens is 1. The summed E-state index contributed by atoms with van der Waals surface area (Å²) < 4.78 is 1.01. The lowest BCUT2D eigenvalue weighted by Crippen LogP contribution is -2.40. The van der Waals surface area contributed by atoms with Crippen molar-refractivity contribution < 1.29 is 5.21 Å². The number of rotatable bonds is 3. The first-order valence-corrected chi connectivity index (χ1v) is 7.50. The Morgan fingerprint density at radius 2 is 2.32 bits per heavy atom. The number of nitrogens with two attached hydrogens (primary N) is 1. The summed E-state index contributed by atoms with van der Waals surface area (Å²) in [6.45, 7) is 3.24. The smallest absolute Gasteiger partial charge is 0.172 e. The maximum Gasteiger partial charge on any atom is 0.172 e. The number of benzene rings is 1. The maximum atomic E-state index is 8.94. The second-order valence-corrected chi connectivity index (χ2v) is 5.81. The molecule has 1 fully saturated rings. The zero-order valence-electron chi connectivity index (χ0n) is 11.1. The zero-order chi connectivity index (χ0) is 13.8. The molecule has 104 valence electrons. The minimum Gasteiger partial charge on any atom is -0.409 e. The van der Waals surface area contributed by atoms with Crippen LogP contribution in [0.15, 0.2) is 27.8 Å². The van der Waals surface area contributed by atoms with Crippen LogP contribution in [0, 0.1) is 0 Å². The second-order valence-electron chi connectivity index (χ2n) is 4.90. The minimum atomic E-state index is 0.169. The molecule has 5 heteroatoms. The maximum absolute atomic E-state index is 8.94. The molecule has 1 aromatic rings. The number of piperidine rings is 1. The molecular weight excluding hydrogens is 306 g/mol. The number of anilines is 1. The van der Waals surface area contributed by atoms with E-state index in [4.69, 9.17) is 10.9 Å². The van der Waals surface area contributed by atoms with Gasteiger partial charge in [0, 0.05) is 28.3 Å². The van der Waals surface area contributed by atoms with Gasteiger partial charge in [0.15, 0.2) is 5.84 Å². The lowest BCUT2D eigenvalue weighted by Gasteiger charge is -2.38. The monoisotopic (exact) mass is 325 g/mol. The summed E-state index contributed by atoms with van der Waals surface area (Å²) in [6, 6.07) is 6.41. The Balaban J connectivity index is 2.44. The largest absolute Gasteiger partial charge is 0.409 e. The topological polar surface area (TPSA) is 61.8 Å². The summed E-state index contributed by atoms with van der Waals surface area (Å²) in [6.07, 6.45) is 4.79. The van der Waals surface area contributed by atoms with Crippen molar-refractivity contribution in [1.29, 1.82) is 0 Å². The Hall–Kier alpha value is -1.23. The van der Waals surface area contributed by atoms with Crippen LogP contribution in [-0.4, -0.2) is 23.6 Å². The third-order valence-electron chi connectivity index (χ3n) is 3.75. The van der Waals surface area contributed by atoms with Crippen molar-refractivity contribution in [3.05, 3.63) is 28.2 Å². The lowest BCUT2D eigenvalue weighted by atomic mass is 9.98. The van der Waals surface area contributed by atoms with Gasteiger partial charge < -0.3 is 15.8 Å². The number of nitrogens with zero attached hydrogens (tertiary/aromatic N) is 2. The number of oxime groups is 1. The fourth-order valence-corrected chi connectivity index (χ4v) is 3.10. The molecule has 2 rings (SSSR count). The summed E-state index contributed by atoms with van der Waals surface area (Å²) in [5.41, 5.74) is 7.65. The molecule has 0 aromatic heterocycles. The van der Waals surface area contributed by atoms with Crippen molar-refractivity contribution in [3.63, 3.8) is 0 Å². The van der Waals surface area contributed by atoms with E-state index >= 15 is 0 Å². The van der Waals surface area contributed by atoms with Gasteiger partial charge in [-0.15, -0.1) is 0 Å². The second kappa shape index (κ2) is 6.28. The zero-order valence-corrected chi connectivity index (χ0v) is 12.7. The lowest BCUT2D eigenvalue weighted by molar-refractivity contribution is 0.318. The third-order valence-corrected chi connectivity index (χ3v) is 4.24. The van der Waals surface area contributed by atoms with Crippen LogP contribution < -0.4 is 10.6 Å². The average molecular weight is 326 g/mol. The summed E-state index contributed by atoms with van der Waals surface area (Å²) in [5, 5.41) is 12.1. The molecule has 0 amide bonds. The van der Waals surface area contributed by atoms with Gasteiger partial charge in [0.05, 0.1) is 0 Å². The van der Waals surface area contributed by atoms with Crippen LogP contribution >= 0.6 is 15.9 Å². The average Bonchev–Trinajstić information content (AvgIpc) is 2.46. The quantitative estimate of drug-likeness (QED) is 0.388. The van der Waals surface area contributed by atoms with E-state index in [-0.39, 0.29) is 5.84 Å². The molecule has 3 N–H and O–H groups in total. The van der Waals surface area contributed by atoms with E-state index in [1.165, 1.54) is 19.3 Å². The van der Waals surface area contributed by atoms with Gasteiger partial charge in [-0.25, -0.2) is 0 Å². The molecule has 1 atom stereocenters. The number of hydrogen-bond acceptors (Lipinski definition) is 3. The van der Waals surface area contributed by atoms with Crippen LogP contribution in [0.2, 0.25) is 0 Å². The fourth-order valence-electron chi connectivity index (χ4n) is 2.76. The Bertz CT molecular complexity index is 476. The highest BCUT2D eigenvalue weighted by Gasteiger charge is 2.24. The van der Waals surface area contributed by atoms with Gasteiger partial charge in [-0.05, 0) is 43.9 Å². The molecule has 0 bridgehead atoms. The van der Waals surface area contributed by atoms with Crippen molar-refractivity contribution in [1.82, 2.24) is 0 Å². The molecular formula is C14H20BrN3O. The van der Waals surface area contributed by atoms with Crippen molar-refractivity contribution in [2.75, 3.05) is 11.4 Å². The first kappa shape index (κ1) is 14.2. The molecule has 0 aliphatic carbocycles. The van der Waals surface area contributed by atoms with Crippen molar-refractivity contribution in [3.8, 4) is 0 Å². The summed E-state index contributed by atoms with van der Waals surface area (Å²) >= 11 is 3.51. The van der Waals surface area contributed by atoms with E-state index in [1.54, 1.807) is 0 Å². The highest BCUT2D eigenvalue weighted by Crippen LogP contribution is 2.31. The Morgan fingerprint density at radius 3 is 3.00 bits per heavy atom. The minimum absolute atomic E-state index is 0.169. The van der Waals surface area contributed by atoms with Crippen molar-refractivity contribution in [2.24, 2.45) is 10.9 Å². The first-order valence-electron chi connectivity index (χ1n) is 6.71. The molecule has 1 saturated heterocycles. The van der Waals surface area contributed by atoms with Gasteiger partial charge in [0.25, 0.3) is 0 Å². The summed E-state index contributed by atoms with van der Waals surface area (Å²) in [4.78, 5) is 2.39. The van der Waals surface area contributed by atoms with E-state index in [1.807, 2.05) is 12.1 Å².